The first-order chi connectivity index (χ1) is 28.8. The van der Waals surface area contributed by atoms with Gasteiger partial charge in [-0.3, -0.25) is 4.79 Å². The number of hydrogen-bond donors (Lipinski definition) is 3. The number of aliphatic hydroxyl groups excluding tert-OH is 3. The van der Waals surface area contributed by atoms with E-state index in [4.69, 9.17) is 14.2 Å². The Bertz CT molecular complexity index is 1330. The van der Waals surface area contributed by atoms with Crippen molar-refractivity contribution in [3.8, 4) is 0 Å². The Morgan fingerprint density at radius 1 is 0.817 bits per heavy atom. The molecule has 14 atom stereocenters. The molecule has 5 rings (SSSR count). The van der Waals surface area contributed by atoms with Crippen LogP contribution in [0.3, 0.4) is 0 Å². The van der Waals surface area contributed by atoms with E-state index < -0.39 is 30.7 Å². The number of fused-ring (bicyclic) bond motifs is 5. The van der Waals surface area contributed by atoms with Gasteiger partial charge in [-0.05, 0) is 142 Å². The summed E-state index contributed by atoms with van der Waals surface area (Å²) in [7, 11) is 0. The van der Waals surface area contributed by atoms with E-state index in [1.807, 2.05) is 0 Å². The summed E-state index contributed by atoms with van der Waals surface area (Å²) in [6.07, 6.45) is 30.1. The molecule has 7 nitrogen and oxygen atoms in total. The van der Waals surface area contributed by atoms with Gasteiger partial charge < -0.3 is 29.5 Å². The largest absolute Gasteiger partial charge is 0.463 e. The summed E-state index contributed by atoms with van der Waals surface area (Å²) in [5, 5.41) is 32.5. The highest BCUT2D eigenvalue weighted by Gasteiger charge is 2.59. The first-order valence-corrected chi connectivity index (χ1v) is 25.7. The molecule has 0 bridgehead atoms. The van der Waals surface area contributed by atoms with Crippen molar-refractivity contribution in [3.63, 3.8) is 0 Å². The quantitative estimate of drug-likeness (QED) is 0.0477. The van der Waals surface area contributed by atoms with Gasteiger partial charge in [-0.2, -0.15) is 0 Å². The van der Waals surface area contributed by atoms with Crippen molar-refractivity contribution < 1.29 is 34.3 Å². The Labute approximate surface area is 367 Å². The zero-order chi connectivity index (χ0) is 43.3. The highest BCUT2D eigenvalue weighted by Crippen LogP contribution is 2.67. The van der Waals surface area contributed by atoms with E-state index in [0.717, 1.165) is 93.3 Å². The number of aliphatic hydroxyl groups is 3. The number of rotatable bonds is 25. The molecule has 1 unspecified atom stereocenters. The van der Waals surface area contributed by atoms with E-state index in [0.29, 0.717) is 17.8 Å². The summed E-state index contributed by atoms with van der Waals surface area (Å²) in [6, 6.07) is 0. The SMILES string of the molecule is CCCCCCCC/C=C\CCCCCCCC(=O)OC[C@H]1O[C@@H](OC2CC[C@@]3(C)C(=CC[C@H]4[C@@H]5CC[C@H]([C@H](C)CC[C@@H](CC)C(C)C)[C@@]5(C)CC[C@@H]43)C2)[C@H](O)[C@@H](O)[C@@H]1O. The van der Waals surface area contributed by atoms with Crippen LogP contribution in [0, 0.1) is 52.3 Å². The summed E-state index contributed by atoms with van der Waals surface area (Å²) in [5.41, 5.74) is 2.12. The lowest BCUT2D eigenvalue weighted by atomic mass is 9.47. The lowest BCUT2D eigenvalue weighted by Crippen LogP contribution is -2.60. The average molecular weight is 841 g/mol. The minimum absolute atomic E-state index is 0.143. The van der Waals surface area contributed by atoms with Crippen LogP contribution in [0.5, 0.6) is 0 Å². The van der Waals surface area contributed by atoms with Crippen molar-refractivity contribution in [2.24, 2.45) is 52.3 Å². The van der Waals surface area contributed by atoms with Crippen LogP contribution < -0.4 is 0 Å². The van der Waals surface area contributed by atoms with Gasteiger partial charge in [0.05, 0.1) is 6.10 Å². The molecule has 1 heterocycles. The number of allylic oxidation sites excluding steroid dienone is 3. The Hall–Kier alpha value is -1.25. The third-order valence-corrected chi connectivity index (χ3v) is 17.3. The fourth-order valence-corrected chi connectivity index (χ4v) is 13.3. The standard InChI is InChI=1S/C53H92O7/c1-8-10-11-12-13-14-15-16-17-18-19-20-21-22-23-24-47(54)58-36-46-48(55)49(56)50(57)51(60-46)59-41-31-33-52(6)40(35-41)27-28-42-44-30-29-43(53(44,7)34-32-45(42)52)38(5)25-26-39(9-2)37(3)4/h16-17,27,37-39,41-46,48-51,55-57H,8-15,18-26,28-36H2,1-7H3/b17-16-/t38-,39-,41?,42+,43-,44+,45+,46-,48-,49+,50-,51-,52+,53-/m1/s1. The topological polar surface area (TPSA) is 105 Å². The van der Waals surface area contributed by atoms with Gasteiger partial charge in [-0.1, -0.05) is 136 Å². The van der Waals surface area contributed by atoms with Crippen molar-refractivity contribution in [3.05, 3.63) is 23.8 Å². The molecule has 5 aliphatic rings. The first kappa shape index (κ1) is 49.8. The summed E-state index contributed by atoms with van der Waals surface area (Å²) in [4.78, 5) is 12.6. The normalized spacial score (nSPS) is 36.4. The van der Waals surface area contributed by atoms with Crippen LogP contribution in [0.2, 0.25) is 0 Å². The summed E-state index contributed by atoms with van der Waals surface area (Å²) >= 11 is 0. The summed E-state index contributed by atoms with van der Waals surface area (Å²) in [6.45, 7) is 17.0. The number of unbranched alkanes of at least 4 members (excludes halogenated alkanes) is 11. The molecule has 0 aromatic heterocycles. The molecular weight excluding hydrogens is 749 g/mol. The second-order valence-corrected chi connectivity index (χ2v) is 21.5. The number of esters is 1. The van der Waals surface area contributed by atoms with Crippen molar-refractivity contribution in [1.82, 2.24) is 0 Å². The average Bonchev–Trinajstić information content (AvgIpc) is 3.59. The number of carbonyl (C=O) groups is 1. The van der Waals surface area contributed by atoms with Gasteiger partial charge in [0.1, 0.15) is 31.0 Å². The molecule has 0 amide bonds. The fourth-order valence-electron chi connectivity index (χ4n) is 13.3. The molecule has 1 aliphatic heterocycles. The van der Waals surface area contributed by atoms with Gasteiger partial charge in [0, 0.05) is 6.42 Å². The van der Waals surface area contributed by atoms with Crippen LogP contribution in [0.4, 0.5) is 0 Å². The second-order valence-electron chi connectivity index (χ2n) is 21.5. The minimum Gasteiger partial charge on any atom is -0.463 e. The molecule has 0 radical (unpaired) electrons. The van der Waals surface area contributed by atoms with Gasteiger partial charge in [-0.25, -0.2) is 0 Å². The Kier molecular flexibility index (Phi) is 20.0. The molecule has 7 heteroatoms. The Morgan fingerprint density at radius 3 is 2.18 bits per heavy atom. The molecule has 4 fully saturated rings. The fraction of sp³-hybridized carbons (Fsp3) is 0.906. The smallest absolute Gasteiger partial charge is 0.305 e. The van der Waals surface area contributed by atoms with Gasteiger partial charge in [0.25, 0.3) is 0 Å². The van der Waals surface area contributed by atoms with Gasteiger partial charge >= 0.3 is 5.97 Å². The molecule has 346 valence electrons. The van der Waals surface area contributed by atoms with Gasteiger partial charge in [-0.15, -0.1) is 0 Å². The zero-order valence-corrected chi connectivity index (χ0v) is 39.6. The minimum atomic E-state index is -1.45. The number of ether oxygens (including phenoxy) is 3. The molecule has 1 saturated heterocycles. The van der Waals surface area contributed by atoms with Gasteiger partial charge in [0.15, 0.2) is 6.29 Å². The van der Waals surface area contributed by atoms with E-state index >= 15 is 0 Å². The maximum atomic E-state index is 12.6. The summed E-state index contributed by atoms with van der Waals surface area (Å²) in [5.74, 6) is 5.21. The van der Waals surface area contributed by atoms with Crippen LogP contribution in [-0.2, 0) is 19.0 Å². The van der Waals surface area contributed by atoms with Crippen LogP contribution in [0.25, 0.3) is 0 Å². The maximum Gasteiger partial charge on any atom is 0.305 e. The summed E-state index contributed by atoms with van der Waals surface area (Å²) < 4.78 is 18.0. The highest BCUT2D eigenvalue weighted by atomic mass is 16.7. The number of carbonyl (C=O) groups excluding carboxylic acids is 1. The van der Waals surface area contributed by atoms with E-state index in [1.165, 1.54) is 102 Å². The monoisotopic (exact) mass is 841 g/mol. The van der Waals surface area contributed by atoms with Crippen LogP contribution in [0.15, 0.2) is 23.8 Å². The van der Waals surface area contributed by atoms with E-state index in [2.05, 4.69) is 66.7 Å². The van der Waals surface area contributed by atoms with Gasteiger partial charge in [0.2, 0.25) is 0 Å². The van der Waals surface area contributed by atoms with Crippen molar-refractivity contribution in [2.75, 3.05) is 6.61 Å². The molecule has 0 spiro atoms. The van der Waals surface area contributed by atoms with E-state index in [1.54, 1.807) is 0 Å². The molecule has 4 aliphatic carbocycles. The predicted octanol–water partition coefficient (Wildman–Crippen LogP) is 12.4. The molecule has 3 N–H and O–H groups in total. The maximum absolute atomic E-state index is 12.6. The van der Waals surface area contributed by atoms with Crippen molar-refractivity contribution >= 4 is 5.97 Å². The predicted molar refractivity (Wildman–Crippen MR) is 244 cm³/mol. The van der Waals surface area contributed by atoms with Crippen LogP contribution in [0.1, 0.15) is 209 Å². The third kappa shape index (κ3) is 12.7. The Morgan fingerprint density at radius 2 is 1.50 bits per heavy atom. The first-order valence-electron chi connectivity index (χ1n) is 25.7. The van der Waals surface area contributed by atoms with Crippen LogP contribution >= 0.6 is 0 Å². The molecule has 60 heavy (non-hydrogen) atoms. The lowest BCUT2D eigenvalue weighted by molar-refractivity contribution is -0.313. The van der Waals surface area contributed by atoms with Crippen molar-refractivity contribution in [1.29, 1.82) is 0 Å². The van der Waals surface area contributed by atoms with E-state index in [-0.39, 0.29) is 24.1 Å². The Balaban J connectivity index is 1.02. The lowest BCUT2D eigenvalue weighted by Gasteiger charge is -2.58. The third-order valence-electron chi connectivity index (χ3n) is 17.3. The molecule has 0 aromatic rings. The van der Waals surface area contributed by atoms with Crippen LogP contribution in [-0.4, -0.2) is 64.7 Å². The molecular formula is C53H92O7. The number of hydrogen-bond acceptors (Lipinski definition) is 7. The van der Waals surface area contributed by atoms with Crippen molar-refractivity contribution in [2.45, 2.75) is 246 Å². The highest BCUT2D eigenvalue weighted by molar-refractivity contribution is 5.69. The zero-order valence-electron chi connectivity index (χ0n) is 39.6. The molecule has 0 aromatic carbocycles. The second kappa shape index (κ2) is 24.2. The van der Waals surface area contributed by atoms with E-state index in [9.17, 15) is 20.1 Å². The molecule has 3 saturated carbocycles.